The minimum absolute atomic E-state index is 0.0511. The molecule has 0 radical (unpaired) electrons. The number of hydrogen-bond donors (Lipinski definition) is 0. The lowest BCUT2D eigenvalue weighted by Crippen LogP contribution is -2.49. The molecule has 2 atom stereocenters. The normalized spacial score (nSPS) is 16.7. The molecule has 0 rings (SSSR count). The molecule has 0 bridgehead atoms. The van der Waals surface area contributed by atoms with Crippen molar-refractivity contribution in [3.05, 3.63) is 0 Å². The van der Waals surface area contributed by atoms with Gasteiger partial charge in [-0.25, -0.2) is 0 Å². The van der Waals surface area contributed by atoms with E-state index >= 15 is 0 Å². The van der Waals surface area contributed by atoms with Crippen LogP contribution in [-0.2, 0) is 13.6 Å². The predicted octanol–water partition coefficient (Wildman–Crippen LogP) is 5.02. The lowest BCUT2D eigenvalue weighted by atomic mass is 9.79. The van der Waals surface area contributed by atoms with Crippen LogP contribution < -0.4 is 0 Å². The van der Waals surface area contributed by atoms with Gasteiger partial charge in [-0.05, 0) is 38.0 Å². The monoisotopic (exact) mass is 362 g/mol. The molecule has 0 fully saturated rings. The standard InChI is InChI=1S/C18H42O3Si2/c1-13(2)17(5,6)15(20-22(9)10)19-16(21-23(11)12)18(7,8)14(3)4/h13-16,22-23H,1-12H3. The molecule has 0 heterocycles. The average molecular weight is 363 g/mol. The average Bonchev–Trinajstić information content (AvgIpc) is 2.35. The Balaban J connectivity index is 5.51. The van der Waals surface area contributed by atoms with E-state index in [1.807, 2.05) is 0 Å². The second-order valence-electron chi connectivity index (χ2n) is 9.12. The summed E-state index contributed by atoms with van der Waals surface area (Å²) < 4.78 is 19.2. The first-order valence-electron chi connectivity index (χ1n) is 9.19. The highest BCUT2D eigenvalue weighted by Crippen LogP contribution is 2.39. The highest BCUT2D eigenvalue weighted by molar-refractivity contribution is 6.48. The van der Waals surface area contributed by atoms with E-state index in [9.17, 15) is 0 Å². The number of hydrogen-bond acceptors (Lipinski definition) is 3. The van der Waals surface area contributed by atoms with Crippen molar-refractivity contribution in [2.24, 2.45) is 22.7 Å². The van der Waals surface area contributed by atoms with Crippen LogP contribution in [0, 0.1) is 22.7 Å². The van der Waals surface area contributed by atoms with Crippen molar-refractivity contribution in [2.75, 3.05) is 0 Å². The topological polar surface area (TPSA) is 27.7 Å². The summed E-state index contributed by atoms with van der Waals surface area (Å²) in [6.45, 7) is 26.7. The first-order valence-corrected chi connectivity index (χ1v) is 14.7. The Morgan fingerprint density at radius 2 is 0.870 bits per heavy atom. The molecular weight excluding hydrogens is 320 g/mol. The van der Waals surface area contributed by atoms with Gasteiger partial charge in [0.15, 0.2) is 30.7 Å². The van der Waals surface area contributed by atoms with E-state index in [0.29, 0.717) is 11.8 Å². The van der Waals surface area contributed by atoms with Gasteiger partial charge in [0.25, 0.3) is 0 Å². The maximum atomic E-state index is 6.55. The third-order valence-electron chi connectivity index (χ3n) is 5.23. The van der Waals surface area contributed by atoms with E-state index in [-0.39, 0.29) is 23.4 Å². The zero-order valence-electron chi connectivity index (χ0n) is 17.7. The van der Waals surface area contributed by atoms with Crippen LogP contribution in [0.4, 0.5) is 0 Å². The van der Waals surface area contributed by atoms with Gasteiger partial charge in [-0.2, -0.15) is 0 Å². The molecular formula is C18H42O3Si2. The van der Waals surface area contributed by atoms with Gasteiger partial charge in [0.2, 0.25) is 0 Å². The molecule has 140 valence electrons. The van der Waals surface area contributed by atoms with Crippen molar-refractivity contribution in [2.45, 2.75) is 94.2 Å². The van der Waals surface area contributed by atoms with Gasteiger partial charge in [-0.1, -0.05) is 55.4 Å². The molecule has 0 aliphatic rings. The highest BCUT2D eigenvalue weighted by atomic mass is 28.3. The molecule has 0 aromatic heterocycles. The smallest absolute Gasteiger partial charge is 0.174 e. The van der Waals surface area contributed by atoms with Crippen molar-refractivity contribution >= 4 is 18.1 Å². The van der Waals surface area contributed by atoms with Crippen LogP contribution in [-0.4, -0.2) is 30.7 Å². The second-order valence-corrected chi connectivity index (χ2v) is 13.9. The third kappa shape index (κ3) is 6.98. The van der Waals surface area contributed by atoms with E-state index < -0.39 is 18.1 Å². The van der Waals surface area contributed by atoms with E-state index in [0.717, 1.165) is 0 Å². The van der Waals surface area contributed by atoms with Gasteiger partial charge in [0.1, 0.15) is 0 Å². The van der Waals surface area contributed by atoms with Crippen molar-refractivity contribution in [3.63, 3.8) is 0 Å². The molecule has 0 amide bonds. The van der Waals surface area contributed by atoms with Crippen LogP contribution in [0.2, 0.25) is 26.2 Å². The van der Waals surface area contributed by atoms with Crippen LogP contribution in [0.25, 0.3) is 0 Å². The van der Waals surface area contributed by atoms with Gasteiger partial charge < -0.3 is 13.6 Å². The van der Waals surface area contributed by atoms with Gasteiger partial charge in [-0.15, -0.1) is 0 Å². The Hall–Kier alpha value is 0.314. The maximum absolute atomic E-state index is 6.55. The first kappa shape index (κ1) is 23.3. The molecule has 0 aliphatic carbocycles. The van der Waals surface area contributed by atoms with E-state index in [1.54, 1.807) is 0 Å². The predicted molar refractivity (Wildman–Crippen MR) is 106 cm³/mol. The fraction of sp³-hybridized carbons (Fsp3) is 1.00. The van der Waals surface area contributed by atoms with Gasteiger partial charge in [-0.3, -0.25) is 0 Å². The fourth-order valence-corrected chi connectivity index (χ4v) is 3.74. The third-order valence-corrected chi connectivity index (χ3v) is 6.81. The Kier molecular flexibility index (Phi) is 9.26. The second kappa shape index (κ2) is 9.13. The SMILES string of the molecule is CC(C)C(C)(C)C(OC(O[SiH](C)C)C(C)(C)C(C)C)O[SiH](C)C. The fourth-order valence-electron chi connectivity index (χ4n) is 1.92. The summed E-state index contributed by atoms with van der Waals surface area (Å²) >= 11 is 0. The van der Waals surface area contributed by atoms with Gasteiger partial charge in [0, 0.05) is 10.8 Å². The van der Waals surface area contributed by atoms with Crippen LogP contribution in [0.5, 0.6) is 0 Å². The number of ether oxygens (including phenoxy) is 1. The zero-order chi connectivity index (χ0) is 18.6. The largest absolute Gasteiger partial charge is 0.396 e. The molecule has 0 aliphatic heterocycles. The van der Waals surface area contributed by atoms with E-state index in [2.05, 4.69) is 81.6 Å². The maximum Gasteiger partial charge on any atom is 0.174 e. The van der Waals surface area contributed by atoms with E-state index in [1.165, 1.54) is 0 Å². The minimum Gasteiger partial charge on any atom is -0.396 e. The van der Waals surface area contributed by atoms with Crippen LogP contribution in [0.15, 0.2) is 0 Å². The Labute approximate surface area is 148 Å². The number of rotatable bonds is 10. The minimum atomic E-state index is -1.21. The highest BCUT2D eigenvalue weighted by Gasteiger charge is 2.42. The molecule has 23 heavy (non-hydrogen) atoms. The van der Waals surface area contributed by atoms with Crippen molar-refractivity contribution in [1.29, 1.82) is 0 Å². The summed E-state index contributed by atoms with van der Waals surface area (Å²) in [7, 11) is -2.42. The lowest BCUT2D eigenvalue weighted by Gasteiger charge is -2.45. The lowest BCUT2D eigenvalue weighted by molar-refractivity contribution is -0.271. The molecule has 5 heteroatoms. The molecule has 0 aromatic carbocycles. The van der Waals surface area contributed by atoms with Gasteiger partial charge >= 0.3 is 0 Å². The summed E-state index contributed by atoms with van der Waals surface area (Å²) in [6.07, 6.45) is -0.435. The molecule has 0 saturated heterocycles. The molecule has 0 spiro atoms. The Morgan fingerprint density at radius 1 is 0.609 bits per heavy atom. The quantitative estimate of drug-likeness (QED) is 0.403. The molecule has 0 aromatic rings. The first-order chi connectivity index (χ1) is 10.2. The van der Waals surface area contributed by atoms with Crippen LogP contribution >= 0.6 is 0 Å². The zero-order valence-corrected chi connectivity index (χ0v) is 20.0. The van der Waals surface area contributed by atoms with Crippen LogP contribution in [0.3, 0.4) is 0 Å². The summed E-state index contributed by atoms with van der Waals surface area (Å²) in [5, 5.41) is 0. The molecule has 2 unspecified atom stereocenters. The van der Waals surface area contributed by atoms with Crippen molar-refractivity contribution in [3.8, 4) is 0 Å². The van der Waals surface area contributed by atoms with E-state index in [4.69, 9.17) is 13.6 Å². The van der Waals surface area contributed by atoms with Crippen molar-refractivity contribution in [1.82, 2.24) is 0 Å². The summed E-state index contributed by atoms with van der Waals surface area (Å²) in [5.74, 6) is 0.943. The van der Waals surface area contributed by atoms with Gasteiger partial charge in [0.05, 0.1) is 0 Å². The molecule has 3 nitrogen and oxygen atoms in total. The van der Waals surface area contributed by atoms with Crippen molar-refractivity contribution < 1.29 is 13.6 Å². The summed E-state index contributed by atoms with van der Waals surface area (Å²) in [6, 6.07) is 0. The molecule has 0 N–H and O–H groups in total. The Bertz CT molecular complexity index is 307. The molecule has 0 saturated carbocycles. The Morgan fingerprint density at radius 3 is 1.04 bits per heavy atom. The summed E-state index contributed by atoms with van der Waals surface area (Å²) in [4.78, 5) is 0. The summed E-state index contributed by atoms with van der Waals surface area (Å²) in [5.41, 5.74) is -0.102. The van der Waals surface area contributed by atoms with Crippen LogP contribution in [0.1, 0.15) is 55.4 Å².